The summed E-state index contributed by atoms with van der Waals surface area (Å²) >= 11 is 6.85. The summed E-state index contributed by atoms with van der Waals surface area (Å²) in [5.74, 6) is 0.0888. The molecule has 1 aromatic heterocycles. The molecule has 1 amide bonds. The second kappa shape index (κ2) is 6.01. The van der Waals surface area contributed by atoms with E-state index in [0.717, 1.165) is 31.2 Å². The molecule has 0 saturated heterocycles. The Morgan fingerprint density at radius 1 is 1.47 bits per heavy atom. The van der Waals surface area contributed by atoms with E-state index in [9.17, 15) is 4.79 Å². The van der Waals surface area contributed by atoms with Gasteiger partial charge in [-0.05, 0) is 35.2 Å². The summed E-state index contributed by atoms with van der Waals surface area (Å²) in [6, 6.07) is 2.04. The van der Waals surface area contributed by atoms with Gasteiger partial charge in [-0.1, -0.05) is 31.5 Å². The monoisotopic (exact) mass is 296 g/mol. The number of thiocarbonyl (C=S) groups is 1. The fourth-order valence-electron chi connectivity index (χ4n) is 2.81. The molecular formula is C14H20N2OS2. The van der Waals surface area contributed by atoms with E-state index in [1.165, 1.54) is 6.42 Å². The first-order chi connectivity index (χ1) is 9.06. The molecule has 1 aromatic rings. The minimum atomic E-state index is -0.599. The van der Waals surface area contributed by atoms with Crippen LogP contribution in [0.1, 0.15) is 37.7 Å². The second-order valence-corrected chi connectivity index (χ2v) is 6.52. The summed E-state index contributed by atoms with van der Waals surface area (Å²) in [5, 5.41) is 4.09. The molecule has 1 aliphatic carbocycles. The van der Waals surface area contributed by atoms with Crippen LogP contribution in [-0.4, -0.2) is 22.8 Å². The van der Waals surface area contributed by atoms with Crippen molar-refractivity contribution in [3.8, 4) is 0 Å². The number of amides is 1. The largest absolute Gasteiger partial charge is 0.392 e. The minimum Gasteiger partial charge on any atom is -0.392 e. The van der Waals surface area contributed by atoms with Crippen LogP contribution in [-0.2, 0) is 11.3 Å². The number of carbonyl (C=O) groups excluding carboxylic acids is 1. The van der Waals surface area contributed by atoms with Gasteiger partial charge < -0.3 is 10.6 Å². The maximum absolute atomic E-state index is 12.7. The molecule has 1 saturated carbocycles. The summed E-state index contributed by atoms with van der Waals surface area (Å²) in [7, 11) is 1.84. The van der Waals surface area contributed by atoms with Crippen molar-refractivity contribution in [3.63, 3.8) is 0 Å². The molecule has 0 bridgehead atoms. The predicted molar refractivity (Wildman–Crippen MR) is 83.1 cm³/mol. The topological polar surface area (TPSA) is 46.3 Å². The summed E-state index contributed by atoms with van der Waals surface area (Å²) < 4.78 is 0. The first-order valence-corrected chi connectivity index (χ1v) is 7.98. The number of thiophene rings is 1. The van der Waals surface area contributed by atoms with Gasteiger partial charge in [-0.25, -0.2) is 0 Å². The van der Waals surface area contributed by atoms with Crippen LogP contribution in [0.4, 0.5) is 0 Å². The number of carbonyl (C=O) groups is 1. The van der Waals surface area contributed by atoms with Gasteiger partial charge in [-0.3, -0.25) is 4.79 Å². The third kappa shape index (κ3) is 2.98. The van der Waals surface area contributed by atoms with Crippen LogP contribution < -0.4 is 5.73 Å². The van der Waals surface area contributed by atoms with E-state index in [2.05, 4.69) is 5.38 Å². The van der Waals surface area contributed by atoms with E-state index in [0.29, 0.717) is 11.5 Å². The lowest BCUT2D eigenvalue weighted by Crippen LogP contribution is -2.50. The predicted octanol–water partition coefficient (Wildman–Crippen LogP) is 2.94. The number of nitrogens with two attached hydrogens (primary N) is 1. The zero-order chi connectivity index (χ0) is 13.9. The first kappa shape index (κ1) is 14.5. The molecule has 2 N–H and O–H groups in total. The van der Waals surface area contributed by atoms with Crippen molar-refractivity contribution in [3.05, 3.63) is 22.4 Å². The summed E-state index contributed by atoms with van der Waals surface area (Å²) in [6.07, 6.45) is 4.85. The van der Waals surface area contributed by atoms with Gasteiger partial charge in [0, 0.05) is 13.6 Å². The molecule has 2 rings (SSSR count). The maximum Gasteiger partial charge on any atom is 0.235 e. The maximum atomic E-state index is 12.7. The van der Waals surface area contributed by atoms with Gasteiger partial charge in [0.1, 0.15) is 0 Å². The number of hydrogen-bond acceptors (Lipinski definition) is 3. The van der Waals surface area contributed by atoms with Gasteiger partial charge in [-0.15, -0.1) is 0 Å². The van der Waals surface area contributed by atoms with Gasteiger partial charge >= 0.3 is 0 Å². The summed E-state index contributed by atoms with van der Waals surface area (Å²) in [4.78, 5) is 14.9. The molecule has 0 atom stereocenters. The molecule has 0 aliphatic heterocycles. The van der Waals surface area contributed by atoms with Gasteiger partial charge in [0.15, 0.2) is 0 Å². The smallest absolute Gasteiger partial charge is 0.235 e. The highest BCUT2D eigenvalue weighted by Gasteiger charge is 2.43. The van der Waals surface area contributed by atoms with Crippen molar-refractivity contribution in [2.75, 3.05) is 7.05 Å². The number of rotatable bonds is 4. The molecule has 0 unspecified atom stereocenters. The number of nitrogens with zero attached hydrogens (tertiary/aromatic N) is 1. The van der Waals surface area contributed by atoms with E-state index in [4.69, 9.17) is 18.0 Å². The van der Waals surface area contributed by atoms with Crippen LogP contribution in [0.15, 0.2) is 16.8 Å². The Kier molecular flexibility index (Phi) is 4.58. The van der Waals surface area contributed by atoms with E-state index in [1.807, 2.05) is 18.5 Å². The second-order valence-electron chi connectivity index (χ2n) is 5.30. The standard InChI is InChI=1S/C14H20N2OS2/c1-16(9-11-5-8-19-10-11)13(17)14(12(15)18)6-3-2-4-7-14/h5,8,10H,2-4,6-7,9H2,1H3,(H2,15,18). The van der Waals surface area contributed by atoms with E-state index in [-0.39, 0.29) is 5.91 Å². The van der Waals surface area contributed by atoms with Crippen molar-refractivity contribution >= 4 is 34.5 Å². The molecule has 3 nitrogen and oxygen atoms in total. The average Bonchev–Trinajstić information content (AvgIpc) is 2.91. The molecule has 104 valence electrons. The van der Waals surface area contributed by atoms with Gasteiger partial charge in [0.05, 0.1) is 10.4 Å². The molecule has 1 heterocycles. The first-order valence-electron chi connectivity index (χ1n) is 6.63. The van der Waals surface area contributed by atoms with Crippen LogP contribution in [0.5, 0.6) is 0 Å². The van der Waals surface area contributed by atoms with E-state index in [1.54, 1.807) is 16.2 Å². The fraction of sp³-hybridized carbons (Fsp3) is 0.571. The Bertz CT molecular complexity index is 450. The highest BCUT2D eigenvalue weighted by Crippen LogP contribution is 2.38. The van der Waals surface area contributed by atoms with Crippen LogP contribution in [0.25, 0.3) is 0 Å². The lowest BCUT2D eigenvalue weighted by atomic mass is 9.73. The minimum absolute atomic E-state index is 0.0888. The molecule has 0 aromatic carbocycles. The van der Waals surface area contributed by atoms with Crippen LogP contribution in [0.3, 0.4) is 0 Å². The van der Waals surface area contributed by atoms with E-state index >= 15 is 0 Å². The van der Waals surface area contributed by atoms with Crippen LogP contribution >= 0.6 is 23.6 Å². The van der Waals surface area contributed by atoms with Crippen molar-refractivity contribution in [2.45, 2.75) is 38.6 Å². The lowest BCUT2D eigenvalue weighted by Gasteiger charge is -2.37. The van der Waals surface area contributed by atoms with Gasteiger partial charge in [0.2, 0.25) is 5.91 Å². The van der Waals surface area contributed by atoms with Crippen LogP contribution in [0.2, 0.25) is 0 Å². The van der Waals surface area contributed by atoms with Gasteiger partial charge in [-0.2, -0.15) is 11.3 Å². The molecule has 5 heteroatoms. The molecule has 1 fully saturated rings. The number of hydrogen-bond donors (Lipinski definition) is 1. The van der Waals surface area contributed by atoms with Crippen LogP contribution in [0, 0.1) is 5.41 Å². The van der Waals surface area contributed by atoms with Gasteiger partial charge in [0.25, 0.3) is 0 Å². The zero-order valence-electron chi connectivity index (χ0n) is 11.2. The van der Waals surface area contributed by atoms with Crippen molar-refractivity contribution in [1.29, 1.82) is 0 Å². The lowest BCUT2D eigenvalue weighted by molar-refractivity contribution is -0.138. The SMILES string of the molecule is CN(Cc1ccsc1)C(=O)C1(C(N)=S)CCCCC1. The summed E-state index contributed by atoms with van der Waals surface area (Å²) in [5.41, 5.74) is 6.46. The van der Waals surface area contributed by atoms with Crippen molar-refractivity contribution in [1.82, 2.24) is 4.90 Å². The Balaban J connectivity index is 2.13. The van der Waals surface area contributed by atoms with E-state index < -0.39 is 5.41 Å². The van der Waals surface area contributed by atoms with Crippen molar-refractivity contribution in [2.24, 2.45) is 11.1 Å². The Morgan fingerprint density at radius 2 is 2.16 bits per heavy atom. The third-order valence-electron chi connectivity index (χ3n) is 3.93. The Hall–Kier alpha value is -0.940. The third-order valence-corrected chi connectivity index (χ3v) is 5.06. The highest BCUT2D eigenvalue weighted by atomic mass is 32.1. The highest BCUT2D eigenvalue weighted by molar-refractivity contribution is 7.80. The molecule has 1 aliphatic rings. The molecule has 0 spiro atoms. The van der Waals surface area contributed by atoms with Crippen molar-refractivity contribution < 1.29 is 4.79 Å². The zero-order valence-corrected chi connectivity index (χ0v) is 12.9. The normalized spacial score (nSPS) is 17.9. The Labute approximate surface area is 123 Å². The average molecular weight is 296 g/mol. The quantitative estimate of drug-likeness (QED) is 0.869. The molecular weight excluding hydrogens is 276 g/mol. The Morgan fingerprint density at radius 3 is 2.68 bits per heavy atom. The fourth-order valence-corrected chi connectivity index (χ4v) is 3.77. The summed E-state index contributed by atoms with van der Waals surface area (Å²) in [6.45, 7) is 0.632. The molecule has 0 radical (unpaired) electrons. The molecule has 19 heavy (non-hydrogen) atoms.